The van der Waals surface area contributed by atoms with E-state index in [9.17, 15) is 9.18 Å². The monoisotopic (exact) mass is 381 g/mol. The molecule has 2 nitrogen and oxygen atoms in total. The topological polar surface area (TPSA) is 29.1 Å². The molecule has 0 fully saturated rings. The molecule has 2 aromatic rings. The maximum atomic E-state index is 12.8. The van der Waals surface area contributed by atoms with E-state index in [0.717, 1.165) is 21.4 Å². The van der Waals surface area contributed by atoms with Gasteiger partial charge in [0.2, 0.25) is 5.91 Å². The number of carbonyl (C=O) groups is 1. The third-order valence-corrected chi connectivity index (χ3v) is 4.74. The lowest BCUT2D eigenvalue weighted by Gasteiger charge is -2.17. The van der Waals surface area contributed by atoms with Crippen molar-refractivity contribution in [2.45, 2.75) is 24.3 Å². The molecule has 0 radical (unpaired) electrons. The van der Waals surface area contributed by atoms with Gasteiger partial charge in [-0.1, -0.05) is 35.0 Å². The third kappa shape index (κ3) is 5.14. The first-order valence-electron chi connectivity index (χ1n) is 7.01. The summed E-state index contributed by atoms with van der Waals surface area (Å²) >= 11 is 4.81. The molecule has 0 bridgehead atoms. The zero-order valence-corrected chi connectivity index (χ0v) is 14.6. The lowest BCUT2D eigenvalue weighted by Crippen LogP contribution is -2.29. The fraction of sp³-hybridized carbons (Fsp3) is 0.235. The van der Waals surface area contributed by atoms with E-state index < -0.39 is 0 Å². The quantitative estimate of drug-likeness (QED) is 0.717. The molecule has 5 heteroatoms. The Kier molecular flexibility index (Phi) is 6.46. The maximum Gasteiger partial charge on any atom is 0.230 e. The van der Waals surface area contributed by atoms with Crippen molar-refractivity contribution in [1.82, 2.24) is 5.32 Å². The molecular formula is C17H17BrFNOS. The van der Waals surface area contributed by atoms with Crippen molar-refractivity contribution in [3.63, 3.8) is 0 Å². The van der Waals surface area contributed by atoms with Crippen LogP contribution < -0.4 is 5.32 Å². The Bertz CT molecular complexity index is 616. The largest absolute Gasteiger partial charge is 0.349 e. The van der Waals surface area contributed by atoms with Crippen LogP contribution in [-0.2, 0) is 4.79 Å². The van der Waals surface area contributed by atoms with E-state index in [-0.39, 0.29) is 17.8 Å². The highest BCUT2D eigenvalue weighted by molar-refractivity contribution is 9.10. The van der Waals surface area contributed by atoms with Gasteiger partial charge in [0.15, 0.2) is 0 Å². The summed E-state index contributed by atoms with van der Waals surface area (Å²) in [5.74, 6) is 0.0257. The van der Waals surface area contributed by atoms with Crippen molar-refractivity contribution in [2.75, 3.05) is 5.75 Å². The van der Waals surface area contributed by atoms with Gasteiger partial charge in [-0.3, -0.25) is 4.79 Å². The summed E-state index contributed by atoms with van der Waals surface area (Å²) in [6.07, 6.45) is 0.828. The van der Waals surface area contributed by atoms with E-state index in [0.29, 0.717) is 5.75 Å². The average Bonchev–Trinajstić information content (AvgIpc) is 2.53. The van der Waals surface area contributed by atoms with Crippen LogP contribution in [0.3, 0.4) is 0 Å². The van der Waals surface area contributed by atoms with Gasteiger partial charge in [-0.2, -0.15) is 0 Å². The summed E-state index contributed by atoms with van der Waals surface area (Å²) in [7, 11) is 0. The summed E-state index contributed by atoms with van der Waals surface area (Å²) in [5, 5.41) is 3.03. The van der Waals surface area contributed by atoms with Crippen molar-refractivity contribution in [1.29, 1.82) is 0 Å². The highest BCUT2D eigenvalue weighted by atomic mass is 79.9. The average molecular weight is 382 g/mol. The molecule has 1 N–H and O–H groups in total. The fourth-order valence-electron chi connectivity index (χ4n) is 2.03. The summed E-state index contributed by atoms with van der Waals surface area (Å²) < 4.78 is 13.8. The number of carbonyl (C=O) groups excluding carboxylic acids is 1. The van der Waals surface area contributed by atoms with Crippen LogP contribution >= 0.6 is 27.7 Å². The third-order valence-electron chi connectivity index (χ3n) is 3.20. The Morgan fingerprint density at radius 3 is 2.41 bits per heavy atom. The molecule has 2 rings (SSSR count). The Labute approximate surface area is 142 Å². The first kappa shape index (κ1) is 17.0. The standard InChI is InChI=1S/C17H17BrFNOS/c1-2-16(12-3-5-13(18)6-4-12)20-17(21)11-22-15-9-7-14(19)8-10-15/h3-10,16H,2,11H2,1H3,(H,20,21)/t16-/m1/s1. The van der Waals surface area contributed by atoms with E-state index in [1.165, 1.54) is 23.9 Å². The van der Waals surface area contributed by atoms with Gasteiger partial charge in [0, 0.05) is 9.37 Å². The van der Waals surface area contributed by atoms with Crippen molar-refractivity contribution in [3.05, 3.63) is 64.4 Å². The number of hydrogen-bond donors (Lipinski definition) is 1. The molecule has 22 heavy (non-hydrogen) atoms. The summed E-state index contributed by atoms with van der Waals surface area (Å²) in [6, 6.07) is 14.1. The lowest BCUT2D eigenvalue weighted by molar-refractivity contribution is -0.119. The molecule has 0 unspecified atom stereocenters. The van der Waals surface area contributed by atoms with E-state index >= 15 is 0 Å². The zero-order valence-electron chi connectivity index (χ0n) is 12.2. The van der Waals surface area contributed by atoms with Gasteiger partial charge in [-0.15, -0.1) is 11.8 Å². The molecule has 0 saturated carbocycles. The van der Waals surface area contributed by atoms with E-state index in [1.54, 1.807) is 12.1 Å². The molecule has 2 aromatic carbocycles. The van der Waals surface area contributed by atoms with Crippen LogP contribution in [0.1, 0.15) is 24.9 Å². The predicted octanol–water partition coefficient (Wildman–Crippen LogP) is 4.95. The normalized spacial score (nSPS) is 12.0. The van der Waals surface area contributed by atoms with Crippen LogP contribution in [0.25, 0.3) is 0 Å². The Morgan fingerprint density at radius 2 is 1.82 bits per heavy atom. The second kappa shape index (κ2) is 8.34. The zero-order chi connectivity index (χ0) is 15.9. The summed E-state index contributed by atoms with van der Waals surface area (Å²) in [6.45, 7) is 2.04. The number of hydrogen-bond acceptors (Lipinski definition) is 2. The van der Waals surface area contributed by atoms with Crippen LogP contribution in [0.15, 0.2) is 57.9 Å². The molecule has 1 amide bonds. The minimum Gasteiger partial charge on any atom is -0.349 e. The van der Waals surface area contributed by atoms with Gasteiger partial charge in [-0.05, 0) is 48.4 Å². The number of benzene rings is 2. The minimum atomic E-state index is -0.268. The molecular weight excluding hydrogens is 365 g/mol. The van der Waals surface area contributed by atoms with Crippen LogP contribution in [-0.4, -0.2) is 11.7 Å². The highest BCUT2D eigenvalue weighted by Gasteiger charge is 2.12. The summed E-state index contributed by atoms with van der Waals surface area (Å²) in [5.41, 5.74) is 1.09. The first-order valence-corrected chi connectivity index (χ1v) is 8.79. The highest BCUT2D eigenvalue weighted by Crippen LogP contribution is 2.21. The second-order valence-corrected chi connectivity index (χ2v) is 6.79. The van der Waals surface area contributed by atoms with Crippen molar-refractivity contribution >= 4 is 33.6 Å². The van der Waals surface area contributed by atoms with Gasteiger partial charge in [-0.25, -0.2) is 4.39 Å². The Balaban J connectivity index is 1.89. The van der Waals surface area contributed by atoms with Crippen molar-refractivity contribution in [3.8, 4) is 0 Å². The number of nitrogens with one attached hydrogen (secondary N) is 1. The maximum absolute atomic E-state index is 12.8. The van der Waals surface area contributed by atoms with Gasteiger partial charge >= 0.3 is 0 Å². The number of rotatable bonds is 6. The molecule has 0 heterocycles. The van der Waals surface area contributed by atoms with Gasteiger partial charge in [0.05, 0.1) is 11.8 Å². The van der Waals surface area contributed by atoms with E-state index in [1.807, 2.05) is 31.2 Å². The second-order valence-electron chi connectivity index (χ2n) is 4.82. The Morgan fingerprint density at radius 1 is 1.18 bits per heavy atom. The van der Waals surface area contributed by atoms with Gasteiger partial charge in [0.1, 0.15) is 5.82 Å². The SMILES string of the molecule is CC[C@@H](NC(=O)CSc1ccc(F)cc1)c1ccc(Br)cc1. The van der Waals surface area contributed by atoms with E-state index in [4.69, 9.17) is 0 Å². The predicted molar refractivity (Wildman–Crippen MR) is 92.4 cm³/mol. The van der Waals surface area contributed by atoms with Gasteiger partial charge in [0.25, 0.3) is 0 Å². The molecule has 0 saturated heterocycles. The number of thioether (sulfide) groups is 1. The lowest BCUT2D eigenvalue weighted by atomic mass is 10.0. The number of amides is 1. The van der Waals surface area contributed by atoms with E-state index in [2.05, 4.69) is 21.2 Å². The summed E-state index contributed by atoms with van der Waals surface area (Å²) in [4.78, 5) is 13.0. The molecule has 0 spiro atoms. The molecule has 0 aliphatic carbocycles. The minimum absolute atomic E-state index is 0.00872. The molecule has 1 atom stereocenters. The van der Waals surface area contributed by atoms with Crippen LogP contribution in [0, 0.1) is 5.82 Å². The van der Waals surface area contributed by atoms with Crippen LogP contribution in [0.5, 0.6) is 0 Å². The molecule has 116 valence electrons. The van der Waals surface area contributed by atoms with Crippen LogP contribution in [0.2, 0.25) is 0 Å². The Hall–Kier alpha value is -1.33. The molecule has 0 aromatic heterocycles. The smallest absolute Gasteiger partial charge is 0.230 e. The van der Waals surface area contributed by atoms with Gasteiger partial charge < -0.3 is 5.32 Å². The molecule has 0 aliphatic rings. The number of halogens is 2. The van der Waals surface area contributed by atoms with Crippen LogP contribution in [0.4, 0.5) is 4.39 Å². The first-order chi connectivity index (χ1) is 10.6. The fourth-order valence-corrected chi connectivity index (χ4v) is 3.01. The molecule has 0 aliphatic heterocycles. The van der Waals surface area contributed by atoms with Crippen molar-refractivity contribution < 1.29 is 9.18 Å². The van der Waals surface area contributed by atoms with Crippen molar-refractivity contribution in [2.24, 2.45) is 0 Å².